The number of aromatic nitrogens is 4. The average Bonchev–Trinajstić information content (AvgIpc) is 3.01. The second-order valence-corrected chi connectivity index (χ2v) is 4.90. The fraction of sp³-hybridized carbons (Fsp3) is 0.267. The first-order valence-corrected chi connectivity index (χ1v) is 7.16. The minimum atomic E-state index is -0.533. The lowest BCUT2D eigenvalue weighted by Crippen LogP contribution is -2.25. The molecule has 0 radical (unpaired) electrons. The third kappa shape index (κ3) is 2.49. The van der Waals surface area contributed by atoms with Crippen molar-refractivity contribution in [3.05, 3.63) is 40.6 Å². The van der Waals surface area contributed by atoms with Gasteiger partial charge in [0, 0.05) is 12.4 Å². The number of esters is 2. The Morgan fingerprint density at radius 3 is 2.79 bits per heavy atom. The highest BCUT2D eigenvalue weighted by atomic mass is 16.5. The molecular formula is C15H14N4O5. The number of carbonyl (C=O) groups excluding carboxylic acids is 2. The molecule has 0 unspecified atom stereocenters. The first kappa shape index (κ1) is 15.7. The van der Waals surface area contributed by atoms with Gasteiger partial charge in [0.15, 0.2) is 5.65 Å². The van der Waals surface area contributed by atoms with Crippen LogP contribution in [0.5, 0.6) is 0 Å². The van der Waals surface area contributed by atoms with Crippen LogP contribution in [0, 0.1) is 0 Å². The Labute approximate surface area is 135 Å². The Bertz CT molecular complexity index is 1000. The van der Waals surface area contributed by atoms with E-state index >= 15 is 0 Å². The highest BCUT2D eigenvalue weighted by molar-refractivity contribution is 5.96. The molecule has 0 aromatic carbocycles. The SMILES string of the molecule is CCOC(=O)c1cnn2c1ncc1c(=O)n(CC(=O)OC)ccc12. The van der Waals surface area contributed by atoms with Gasteiger partial charge in [-0.3, -0.25) is 9.59 Å². The predicted octanol–water partition coefficient (Wildman–Crippen LogP) is 0.394. The van der Waals surface area contributed by atoms with E-state index in [4.69, 9.17) is 4.74 Å². The average molecular weight is 330 g/mol. The zero-order valence-corrected chi connectivity index (χ0v) is 13.1. The number of methoxy groups -OCH3 is 1. The lowest BCUT2D eigenvalue weighted by molar-refractivity contribution is -0.141. The van der Waals surface area contributed by atoms with Gasteiger partial charge in [-0.25, -0.2) is 14.3 Å². The molecule has 0 N–H and O–H groups in total. The van der Waals surface area contributed by atoms with E-state index in [2.05, 4.69) is 14.8 Å². The number of ether oxygens (including phenoxy) is 2. The summed E-state index contributed by atoms with van der Waals surface area (Å²) in [6.07, 6.45) is 4.16. The topological polar surface area (TPSA) is 105 Å². The van der Waals surface area contributed by atoms with Crippen LogP contribution < -0.4 is 5.56 Å². The molecule has 0 amide bonds. The van der Waals surface area contributed by atoms with Crippen LogP contribution in [-0.2, 0) is 20.8 Å². The Balaban J connectivity index is 2.16. The van der Waals surface area contributed by atoms with E-state index in [1.165, 1.54) is 34.8 Å². The van der Waals surface area contributed by atoms with E-state index in [1.807, 2.05) is 0 Å². The standard InChI is InChI=1S/C15H14N4O5/c1-3-24-15(22)10-7-17-19-11-4-5-18(8-12(20)23-2)14(21)9(11)6-16-13(10)19/h4-7H,3,8H2,1-2H3. The normalized spacial score (nSPS) is 10.9. The Hall–Kier alpha value is -3.23. The molecule has 124 valence electrons. The molecule has 3 aromatic rings. The van der Waals surface area contributed by atoms with Crippen molar-refractivity contribution in [3.8, 4) is 0 Å². The van der Waals surface area contributed by atoms with Gasteiger partial charge in [0.05, 0.1) is 30.8 Å². The Kier molecular flexibility index (Phi) is 3.98. The largest absolute Gasteiger partial charge is 0.468 e. The zero-order valence-electron chi connectivity index (χ0n) is 13.1. The van der Waals surface area contributed by atoms with Crippen LogP contribution in [0.15, 0.2) is 29.5 Å². The predicted molar refractivity (Wildman–Crippen MR) is 82.7 cm³/mol. The first-order chi connectivity index (χ1) is 11.6. The number of fused-ring (bicyclic) bond motifs is 3. The quantitative estimate of drug-likeness (QED) is 0.637. The lowest BCUT2D eigenvalue weighted by atomic mass is 10.3. The summed E-state index contributed by atoms with van der Waals surface area (Å²) >= 11 is 0. The van der Waals surface area contributed by atoms with Crippen LogP contribution in [0.2, 0.25) is 0 Å². The third-order valence-corrected chi connectivity index (χ3v) is 3.49. The van der Waals surface area contributed by atoms with E-state index in [1.54, 1.807) is 13.0 Å². The van der Waals surface area contributed by atoms with E-state index in [0.717, 1.165) is 0 Å². The molecular weight excluding hydrogens is 316 g/mol. The van der Waals surface area contributed by atoms with E-state index in [-0.39, 0.29) is 24.1 Å². The second kappa shape index (κ2) is 6.11. The van der Waals surface area contributed by atoms with Crippen LogP contribution in [0.4, 0.5) is 0 Å². The molecule has 0 spiro atoms. The molecule has 0 aliphatic rings. The molecule has 9 nitrogen and oxygen atoms in total. The van der Waals surface area contributed by atoms with Gasteiger partial charge in [-0.15, -0.1) is 0 Å². The van der Waals surface area contributed by atoms with Crippen molar-refractivity contribution in [2.24, 2.45) is 0 Å². The van der Waals surface area contributed by atoms with Gasteiger partial charge < -0.3 is 14.0 Å². The molecule has 0 aliphatic carbocycles. The minimum absolute atomic E-state index is 0.198. The number of rotatable bonds is 4. The van der Waals surface area contributed by atoms with E-state index in [9.17, 15) is 14.4 Å². The molecule has 9 heteroatoms. The van der Waals surface area contributed by atoms with Gasteiger partial charge in [0.1, 0.15) is 12.1 Å². The Morgan fingerprint density at radius 1 is 1.29 bits per heavy atom. The molecule has 0 aliphatic heterocycles. The first-order valence-electron chi connectivity index (χ1n) is 7.16. The van der Waals surface area contributed by atoms with Crippen LogP contribution >= 0.6 is 0 Å². The Morgan fingerprint density at radius 2 is 2.08 bits per heavy atom. The second-order valence-electron chi connectivity index (χ2n) is 4.90. The molecule has 24 heavy (non-hydrogen) atoms. The van der Waals surface area contributed by atoms with Crippen LogP contribution in [0.25, 0.3) is 16.6 Å². The van der Waals surface area contributed by atoms with Gasteiger partial charge in [-0.2, -0.15) is 5.10 Å². The summed E-state index contributed by atoms with van der Waals surface area (Å²) in [7, 11) is 1.25. The smallest absolute Gasteiger partial charge is 0.343 e. The van der Waals surface area contributed by atoms with Crippen molar-refractivity contribution >= 4 is 28.5 Å². The molecule has 0 saturated carbocycles. The summed E-state index contributed by atoms with van der Waals surface area (Å²) in [4.78, 5) is 39.8. The van der Waals surface area contributed by atoms with Crippen molar-refractivity contribution in [1.29, 1.82) is 0 Å². The number of hydrogen-bond acceptors (Lipinski definition) is 7. The maximum atomic E-state index is 12.4. The summed E-state index contributed by atoms with van der Waals surface area (Å²) in [6.45, 7) is 1.74. The maximum Gasteiger partial charge on any atom is 0.343 e. The molecule has 3 aromatic heterocycles. The van der Waals surface area contributed by atoms with Crippen molar-refractivity contribution in [2.45, 2.75) is 13.5 Å². The van der Waals surface area contributed by atoms with E-state index < -0.39 is 17.5 Å². The maximum absolute atomic E-state index is 12.4. The van der Waals surface area contributed by atoms with Crippen LogP contribution in [0.1, 0.15) is 17.3 Å². The highest BCUT2D eigenvalue weighted by Crippen LogP contribution is 2.15. The number of hydrogen-bond donors (Lipinski definition) is 0. The minimum Gasteiger partial charge on any atom is -0.468 e. The van der Waals surface area contributed by atoms with Gasteiger partial charge >= 0.3 is 11.9 Å². The van der Waals surface area contributed by atoms with Gasteiger partial charge in [0.25, 0.3) is 5.56 Å². The fourth-order valence-electron chi connectivity index (χ4n) is 2.34. The molecule has 0 saturated heterocycles. The fourth-order valence-corrected chi connectivity index (χ4v) is 2.34. The molecule has 0 bridgehead atoms. The van der Waals surface area contributed by atoms with Gasteiger partial charge in [0.2, 0.25) is 0 Å². The number of pyridine rings is 1. The number of nitrogens with zero attached hydrogens (tertiary/aromatic N) is 4. The summed E-state index contributed by atoms with van der Waals surface area (Å²) in [6, 6.07) is 1.62. The third-order valence-electron chi connectivity index (χ3n) is 3.49. The van der Waals surface area contributed by atoms with Crippen LogP contribution in [0.3, 0.4) is 0 Å². The monoisotopic (exact) mass is 330 g/mol. The van der Waals surface area contributed by atoms with Crippen molar-refractivity contribution in [1.82, 2.24) is 19.2 Å². The van der Waals surface area contributed by atoms with Crippen molar-refractivity contribution < 1.29 is 19.1 Å². The number of carbonyl (C=O) groups is 2. The van der Waals surface area contributed by atoms with Crippen LogP contribution in [-0.4, -0.2) is 44.8 Å². The van der Waals surface area contributed by atoms with E-state index in [0.29, 0.717) is 11.2 Å². The lowest BCUT2D eigenvalue weighted by Gasteiger charge is -2.07. The molecule has 0 atom stereocenters. The summed E-state index contributed by atoms with van der Waals surface area (Å²) in [5.41, 5.74) is 0.589. The van der Waals surface area contributed by atoms with Gasteiger partial charge in [-0.1, -0.05) is 0 Å². The van der Waals surface area contributed by atoms with Gasteiger partial charge in [-0.05, 0) is 13.0 Å². The summed E-state index contributed by atoms with van der Waals surface area (Å²) in [5.74, 6) is -1.06. The van der Waals surface area contributed by atoms with Crippen molar-refractivity contribution in [2.75, 3.05) is 13.7 Å². The highest BCUT2D eigenvalue weighted by Gasteiger charge is 2.17. The molecule has 3 heterocycles. The molecule has 3 rings (SSSR count). The van der Waals surface area contributed by atoms with Crippen molar-refractivity contribution in [3.63, 3.8) is 0 Å². The summed E-state index contributed by atoms with van der Waals surface area (Å²) in [5, 5.41) is 4.38. The zero-order chi connectivity index (χ0) is 17.3. The molecule has 0 fully saturated rings. The summed E-state index contributed by atoms with van der Waals surface area (Å²) < 4.78 is 12.1.